The molecule has 1 unspecified atom stereocenters. The SMILES string of the molecule is C=CCC(C)(CC)CC(C)=O. The van der Waals surface area contributed by atoms with Gasteiger partial charge < -0.3 is 4.79 Å². The molecule has 64 valence electrons. The van der Waals surface area contributed by atoms with Gasteiger partial charge in [0.2, 0.25) is 0 Å². The van der Waals surface area contributed by atoms with Crippen molar-refractivity contribution in [2.24, 2.45) is 5.41 Å². The molecule has 0 fully saturated rings. The van der Waals surface area contributed by atoms with Crippen molar-refractivity contribution in [1.29, 1.82) is 0 Å². The minimum Gasteiger partial charge on any atom is -0.300 e. The highest BCUT2D eigenvalue weighted by molar-refractivity contribution is 5.76. The van der Waals surface area contributed by atoms with Gasteiger partial charge in [0.05, 0.1) is 0 Å². The molecule has 0 aromatic rings. The standard InChI is InChI=1S/C10H18O/c1-5-7-10(4,6-2)8-9(3)11/h5H,1,6-8H2,2-4H3. The highest BCUT2D eigenvalue weighted by atomic mass is 16.1. The lowest BCUT2D eigenvalue weighted by molar-refractivity contribution is -0.119. The average molecular weight is 154 g/mol. The molecule has 0 bridgehead atoms. The topological polar surface area (TPSA) is 17.1 Å². The zero-order valence-corrected chi connectivity index (χ0v) is 7.81. The maximum Gasteiger partial charge on any atom is 0.130 e. The van der Waals surface area contributed by atoms with E-state index in [-0.39, 0.29) is 11.2 Å². The summed E-state index contributed by atoms with van der Waals surface area (Å²) in [5, 5.41) is 0. The molecule has 0 aliphatic rings. The van der Waals surface area contributed by atoms with Crippen LogP contribution in [0.4, 0.5) is 0 Å². The Balaban J connectivity index is 4.08. The largest absolute Gasteiger partial charge is 0.300 e. The summed E-state index contributed by atoms with van der Waals surface area (Å²) in [6.45, 7) is 9.59. The van der Waals surface area contributed by atoms with Gasteiger partial charge in [-0.15, -0.1) is 6.58 Å². The van der Waals surface area contributed by atoms with Gasteiger partial charge in [-0.05, 0) is 18.8 Å². The van der Waals surface area contributed by atoms with E-state index in [1.54, 1.807) is 6.92 Å². The Morgan fingerprint density at radius 1 is 1.64 bits per heavy atom. The van der Waals surface area contributed by atoms with Crippen LogP contribution in [0.2, 0.25) is 0 Å². The van der Waals surface area contributed by atoms with E-state index < -0.39 is 0 Å². The predicted molar refractivity (Wildman–Crippen MR) is 48.5 cm³/mol. The molecule has 0 heterocycles. The molecular weight excluding hydrogens is 136 g/mol. The molecule has 1 heteroatoms. The normalized spacial score (nSPS) is 15.5. The number of allylic oxidation sites excluding steroid dienone is 1. The number of hydrogen-bond acceptors (Lipinski definition) is 1. The van der Waals surface area contributed by atoms with Gasteiger partial charge in [0.1, 0.15) is 5.78 Å². The first kappa shape index (κ1) is 10.4. The molecule has 0 saturated heterocycles. The van der Waals surface area contributed by atoms with Crippen LogP contribution in [0.25, 0.3) is 0 Å². The zero-order valence-electron chi connectivity index (χ0n) is 7.81. The van der Waals surface area contributed by atoms with Gasteiger partial charge in [0.15, 0.2) is 0 Å². The van der Waals surface area contributed by atoms with E-state index in [1.165, 1.54) is 0 Å². The second kappa shape index (κ2) is 4.32. The monoisotopic (exact) mass is 154 g/mol. The van der Waals surface area contributed by atoms with E-state index in [0.29, 0.717) is 6.42 Å². The zero-order chi connectivity index (χ0) is 8.91. The third-order valence-corrected chi connectivity index (χ3v) is 2.17. The lowest BCUT2D eigenvalue weighted by atomic mass is 9.80. The van der Waals surface area contributed by atoms with Crippen LogP contribution in [0.15, 0.2) is 12.7 Å². The second-order valence-electron chi connectivity index (χ2n) is 3.54. The highest BCUT2D eigenvalue weighted by Crippen LogP contribution is 2.30. The Labute approximate surface area is 69.5 Å². The van der Waals surface area contributed by atoms with Gasteiger partial charge >= 0.3 is 0 Å². The van der Waals surface area contributed by atoms with Crippen molar-refractivity contribution in [2.45, 2.75) is 40.0 Å². The summed E-state index contributed by atoms with van der Waals surface area (Å²) >= 11 is 0. The van der Waals surface area contributed by atoms with Gasteiger partial charge in [-0.1, -0.05) is 26.3 Å². The number of carbonyl (C=O) groups is 1. The summed E-state index contributed by atoms with van der Waals surface area (Å²) in [5.74, 6) is 0.274. The van der Waals surface area contributed by atoms with E-state index in [9.17, 15) is 4.79 Å². The molecule has 11 heavy (non-hydrogen) atoms. The van der Waals surface area contributed by atoms with Crippen molar-refractivity contribution in [3.05, 3.63) is 12.7 Å². The third kappa shape index (κ3) is 3.97. The van der Waals surface area contributed by atoms with Crippen LogP contribution in [-0.4, -0.2) is 5.78 Å². The van der Waals surface area contributed by atoms with Crippen LogP contribution in [0, 0.1) is 5.41 Å². The van der Waals surface area contributed by atoms with E-state index in [4.69, 9.17) is 0 Å². The van der Waals surface area contributed by atoms with Gasteiger partial charge in [-0.2, -0.15) is 0 Å². The molecular formula is C10H18O. The second-order valence-corrected chi connectivity index (χ2v) is 3.54. The highest BCUT2D eigenvalue weighted by Gasteiger charge is 2.21. The predicted octanol–water partition coefficient (Wildman–Crippen LogP) is 2.96. The van der Waals surface area contributed by atoms with Crippen molar-refractivity contribution < 1.29 is 4.79 Å². The summed E-state index contributed by atoms with van der Waals surface area (Å²) in [4.78, 5) is 10.9. The quantitative estimate of drug-likeness (QED) is 0.556. The summed E-state index contributed by atoms with van der Waals surface area (Å²) in [6, 6.07) is 0. The Kier molecular flexibility index (Phi) is 4.09. The van der Waals surface area contributed by atoms with Crippen molar-refractivity contribution in [2.75, 3.05) is 0 Å². The molecule has 0 aromatic carbocycles. The molecule has 0 spiro atoms. The van der Waals surface area contributed by atoms with Crippen molar-refractivity contribution in [3.8, 4) is 0 Å². The fourth-order valence-corrected chi connectivity index (χ4v) is 1.29. The number of Topliss-reactive ketones (excluding diaryl/α,β-unsaturated/α-hetero) is 1. The Morgan fingerprint density at radius 2 is 2.18 bits per heavy atom. The third-order valence-electron chi connectivity index (χ3n) is 2.17. The van der Waals surface area contributed by atoms with Crippen LogP contribution in [0.3, 0.4) is 0 Å². The number of ketones is 1. The van der Waals surface area contributed by atoms with E-state index in [0.717, 1.165) is 12.8 Å². The minimum atomic E-state index is 0.146. The molecule has 0 aliphatic carbocycles. The number of carbonyl (C=O) groups excluding carboxylic acids is 1. The van der Waals surface area contributed by atoms with Crippen LogP contribution < -0.4 is 0 Å². The summed E-state index contributed by atoms with van der Waals surface area (Å²) in [6.07, 6.45) is 4.55. The Morgan fingerprint density at radius 3 is 2.45 bits per heavy atom. The molecule has 1 nitrogen and oxygen atoms in total. The first-order valence-electron chi connectivity index (χ1n) is 4.14. The van der Waals surface area contributed by atoms with Gasteiger partial charge in [0.25, 0.3) is 0 Å². The molecule has 0 aromatic heterocycles. The number of rotatable bonds is 5. The van der Waals surface area contributed by atoms with E-state index >= 15 is 0 Å². The smallest absolute Gasteiger partial charge is 0.130 e. The van der Waals surface area contributed by atoms with Crippen LogP contribution in [-0.2, 0) is 4.79 Å². The molecule has 0 rings (SSSR count). The fourth-order valence-electron chi connectivity index (χ4n) is 1.29. The lowest BCUT2D eigenvalue weighted by Crippen LogP contribution is -2.17. The maximum atomic E-state index is 10.9. The Bertz CT molecular complexity index is 149. The first-order chi connectivity index (χ1) is 5.04. The minimum absolute atomic E-state index is 0.146. The van der Waals surface area contributed by atoms with Gasteiger partial charge in [0, 0.05) is 6.42 Å². The molecule has 0 amide bonds. The van der Waals surface area contributed by atoms with Gasteiger partial charge in [-0.25, -0.2) is 0 Å². The molecule has 0 N–H and O–H groups in total. The van der Waals surface area contributed by atoms with Gasteiger partial charge in [-0.3, -0.25) is 0 Å². The maximum absolute atomic E-state index is 10.9. The first-order valence-corrected chi connectivity index (χ1v) is 4.14. The summed E-state index contributed by atoms with van der Waals surface area (Å²) in [7, 11) is 0. The average Bonchev–Trinajstić information content (AvgIpc) is 1.87. The van der Waals surface area contributed by atoms with Crippen molar-refractivity contribution >= 4 is 5.78 Å². The van der Waals surface area contributed by atoms with Crippen molar-refractivity contribution in [1.82, 2.24) is 0 Å². The fraction of sp³-hybridized carbons (Fsp3) is 0.700. The number of hydrogen-bond donors (Lipinski definition) is 0. The van der Waals surface area contributed by atoms with E-state index in [2.05, 4.69) is 20.4 Å². The van der Waals surface area contributed by atoms with Crippen LogP contribution in [0.1, 0.15) is 40.0 Å². The molecule has 0 aliphatic heterocycles. The lowest BCUT2D eigenvalue weighted by Gasteiger charge is -2.25. The van der Waals surface area contributed by atoms with E-state index in [1.807, 2.05) is 6.08 Å². The molecule has 0 radical (unpaired) electrons. The Hall–Kier alpha value is -0.590. The van der Waals surface area contributed by atoms with Crippen LogP contribution >= 0.6 is 0 Å². The summed E-state index contributed by atoms with van der Waals surface area (Å²) < 4.78 is 0. The molecule has 0 saturated carbocycles. The van der Waals surface area contributed by atoms with Crippen LogP contribution in [0.5, 0.6) is 0 Å². The van der Waals surface area contributed by atoms with Crippen molar-refractivity contribution in [3.63, 3.8) is 0 Å². The summed E-state index contributed by atoms with van der Waals surface area (Å²) in [5.41, 5.74) is 0.146. The molecule has 1 atom stereocenters.